The van der Waals surface area contributed by atoms with E-state index in [0.29, 0.717) is 6.42 Å². The van der Waals surface area contributed by atoms with E-state index in [1.54, 1.807) is 11.3 Å². The fourth-order valence-corrected chi connectivity index (χ4v) is 1.94. The van der Waals surface area contributed by atoms with Crippen LogP contribution in [0.1, 0.15) is 31.1 Å². The topological polar surface area (TPSA) is 29.1 Å². The molecule has 1 aromatic rings. The summed E-state index contributed by atoms with van der Waals surface area (Å²) in [6.07, 6.45) is 4.01. The Bertz CT molecular complexity index is 256. The lowest BCUT2D eigenvalue weighted by molar-refractivity contribution is -0.120. The number of amides is 1. The smallest absolute Gasteiger partial charge is 0.225 e. The molecule has 0 spiro atoms. The fourth-order valence-electron chi connectivity index (χ4n) is 1.24. The van der Waals surface area contributed by atoms with Gasteiger partial charge in [0.2, 0.25) is 5.91 Å². The lowest BCUT2D eigenvalue weighted by atomic mass is 10.2. The molecule has 0 aliphatic carbocycles. The molecular formula is C11H17NOS. The third kappa shape index (κ3) is 4.42. The van der Waals surface area contributed by atoms with E-state index in [0.717, 1.165) is 17.8 Å². The van der Waals surface area contributed by atoms with Gasteiger partial charge in [-0.25, -0.2) is 0 Å². The minimum absolute atomic E-state index is 0.142. The Morgan fingerprint density at radius 1 is 1.50 bits per heavy atom. The minimum Gasteiger partial charge on any atom is -0.356 e. The molecule has 1 amide bonds. The Morgan fingerprint density at radius 2 is 2.36 bits per heavy atom. The molecule has 1 heterocycles. The Balaban J connectivity index is 2.11. The molecule has 0 fully saturated rings. The van der Waals surface area contributed by atoms with Crippen molar-refractivity contribution in [1.82, 2.24) is 5.32 Å². The summed E-state index contributed by atoms with van der Waals surface area (Å²) in [5.74, 6) is 0.142. The maximum atomic E-state index is 11.4. The molecule has 0 aliphatic heterocycles. The second kappa shape index (κ2) is 6.60. The molecule has 0 saturated carbocycles. The van der Waals surface area contributed by atoms with Crippen molar-refractivity contribution < 1.29 is 4.79 Å². The number of hydrogen-bond acceptors (Lipinski definition) is 2. The highest BCUT2D eigenvalue weighted by atomic mass is 32.1. The SMILES string of the molecule is CCCCCNC(=O)Cc1cccs1. The summed E-state index contributed by atoms with van der Waals surface area (Å²) < 4.78 is 0. The third-order valence-electron chi connectivity index (χ3n) is 2.02. The van der Waals surface area contributed by atoms with Crippen LogP contribution in [0, 0.1) is 0 Å². The normalized spacial score (nSPS) is 10.1. The molecule has 0 unspecified atom stereocenters. The summed E-state index contributed by atoms with van der Waals surface area (Å²) >= 11 is 1.63. The first-order valence-corrected chi connectivity index (χ1v) is 6.00. The number of rotatable bonds is 6. The lowest BCUT2D eigenvalue weighted by Gasteiger charge is -2.02. The molecular weight excluding hydrogens is 194 g/mol. The zero-order chi connectivity index (χ0) is 10.2. The molecule has 2 nitrogen and oxygen atoms in total. The maximum absolute atomic E-state index is 11.4. The minimum atomic E-state index is 0.142. The van der Waals surface area contributed by atoms with Crippen LogP contribution >= 0.6 is 11.3 Å². The first kappa shape index (κ1) is 11.2. The van der Waals surface area contributed by atoms with Gasteiger partial charge in [-0.15, -0.1) is 11.3 Å². The standard InChI is InChI=1S/C11H17NOS/c1-2-3-4-7-12-11(13)9-10-6-5-8-14-10/h5-6,8H,2-4,7,9H2,1H3,(H,12,13). The van der Waals surface area contributed by atoms with E-state index in [4.69, 9.17) is 0 Å². The zero-order valence-electron chi connectivity index (χ0n) is 8.58. The Morgan fingerprint density at radius 3 is 3.00 bits per heavy atom. The number of unbranched alkanes of at least 4 members (excludes halogenated alkanes) is 2. The van der Waals surface area contributed by atoms with E-state index < -0.39 is 0 Å². The first-order chi connectivity index (χ1) is 6.83. The molecule has 1 rings (SSSR count). The highest BCUT2D eigenvalue weighted by Gasteiger charge is 2.02. The number of thiophene rings is 1. The maximum Gasteiger partial charge on any atom is 0.225 e. The average molecular weight is 211 g/mol. The first-order valence-electron chi connectivity index (χ1n) is 5.12. The van der Waals surface area contributed by atoms with Crippen LogP contribution < -0.4 is 5.32 Å². The van der Waals surface area contributed by atoms with E-state index in [-0.39, 0.29) is 5.91 Å². The van der Waals surface area contributed by atoms with Gasteiger partial charge in [0.15, 0.2) is 0 Å². The van der Waals surface area contributed by atoms with Gasteiger partial charge in [0.05, 0.1) is 6.42 Å². The van der Waals surface area contributed by atoms with Crippen LogP contribution in [0.25, 0.3) is 0 Å². The summed E-state index contributed by atoms with van der Waals surface area (Å²) in [5, 5.41) is 4.92. The van der Waals surface area contributed by atoms with Crippen LogP contribution in [0.2, 0.25) is 0 Å². The van der Waals surface area contributed by atoms with Gasteiger partial charge in [0, 0.05) is 11.4 Å². The van der Waals surface area contributed by atoms with Gasteiger partial charge >= 0.3 is 0 Å². The Hall–Kier alpha value is -0.830. The van der Waals surface area contributed by atoms with Gasteiger partial charge in [-0.1, -0.05) is 25.8 Å². The molecule has 0 bridgehead atoms. The lowest BCUT2D eigenvalue weighted by Crippen LogP contribution is -2.25. The molecule has 0 saturated heterocycles. The molecule has 1 aromatic heterocycles. The molecule has 78 valence electrons. The number of hydrogen-bond donors (Lipinski definition) is 1. The van der Waals surface area contributed by atoms with Crippen molar-refractivity contribution in [3.8, 4) is 0 Å². The number of carbonyl (C=O) groups is 1. The van der Waals surface area contributed by atoms with E-state index in [9.17, 15) is 4.79 Å². The predicted molar refractivity (Wildman–Crippen MR) is 60.6 cm³/mol. The van der Waals surface area contributed by atoms with Crippen LogP contribution in [-0.4, -0.2) is 12.5 Å². The highest BCUT2D eigenvalue weighted by molar-refractivity contribution is 7.10. The van der Waals surface area contributed by atoms with Gasteiger partial charge in [-0.3, -0.25) is 4.79 Å². The summed E-state index contributed by atoms with van der Waals surface area (Å²) in [6.45, 7) is 2.98. The van der Waals surface area contributed by atoms with E-state index in [1.165, 1.54) is 12.8 Å². The van der Waals surface area contributed by atoms with Crippen LogP contribution in [0.15, 0.2) is 17.5 Å². The third-order valence-corrected chi connectivity index (χ3v) is 2.89. The largest absolute Gasteiger partial charge is 0.356 e. The molecule has 14 heavy (non-hydrogen) atoms. The van der Waals surface area contributed by atoms with Crippen molar-refractivity contribution in [2.24, 2.45) is 0 Å². The van der Waals surface area contributed by atoms with Crippen molar-refractivity contribution in [3.05, 3.63) is 22.4 Å². The van der Waals surface area contributed by atoms with Gasteiger partial charge in [0.1, 0.15) is 0 Å². The van der Waals surface area contributed by atoms with Crippen LogP contribution in [-0.2, 0) is 11.2 Å². The molecule has 0 radical (unpaired) electrons. The van der Waals surface area contributed by atoms with Crippen molar-refractivity contribution in [3.63, 3.8) is 0 Å². The molecule has 0 aliphatic rings. The quantitative estimate of drug-likeness (QED) is 0.720. The average Bonchev–Trinajstić information content (AvgIpc) is 2.65. The Kier molecular flexibility index (Phi) is 5.30. The van der Waals surface area contributed by atoms with Crippen molar-refractivity contribution in [2.75, 3.05) is 6.54 Å². The van der Waals surface area contributed by atoms with Crippen molar-refractivity contribution in [1.29, 1.82) is 0 Å². The fraction of sp³-hybridized carbons (Fsp3) is 0.545. The predicted octanol–water partition coefficient (Wildman–Crippen LogP) is 2.60. The number of nitrogens with one attached hydrogen (secondary N) is 1. The van der Waals surface area contributed by atoms with Gasteiger partial charge < -0.3 is 5.32 Å². The molecule has 3 heteroatoms. The molecule has 0 aromatic carbocycles. The van der Waals surface area contributed by atoms with E-state index >= 15 is 0 Å². The van der Waals surface area contributed by atoms with Gasteiger partial charge in [-0.05, 0) is 17.9 Å². The van der Waals surface area contributed by atoms with Crippen LogP contribution in [0.4, 0.5) is 0 Å². The van der Waals surface area contributed by atoms with Crippen LogP contribution in [0.3, 0.4) is 0 Å². The van der Waals surface area contributed by atoms with E-state index in [2.05, 4.69) is 12.2 Å². The van der Waals surface area contributed by atoms with Gasteiger partial charge in [0.25, 0.3) is 0 Å². The van der Waals surface area contributed by atoms with Crippen LogP contribution in [0.5, 0.6) is 0 Å². The summed E-state index contributed by atoms with van der Waals surface area (Å²) in [4.78, 5) is 12.5. The van der Waals surface area contributed by atoms with E-state index in [1.807, 2.05) is 17.5 Å². The molecule has 0 atom stereocenters. The second-order valence-corrected chi connectivity index (χ2v) is 4.35. The monoisotopic (exact) mass is 211 g/mol. The highest BCUT2D eigenvalue weighted by Crippen LogP contribution is 2.08. The Labute approximate surface area is 89.3 Å². The second-order valence-electron chi connectivity index (χ2n) is 3.31. The van der Waals surface area contributed by atoms with Gasteiger partial charge in [-0.2, -0.15) is 0 Å². The summed E-state index contributed by atoms with van der Waals surface area (Å²) in [5.41, 5.74) is 0. The summed E-state index contributed by atoms with van der Waals surface area (Å²) in [7, 11) is 0. The van der Waals surface area contributed by atoms with Crippen molar-refractivity contribution >= 4 is 17.2 Å². The number of carbonyl (C=O) groups excluding carboxylic acids is 1. The summed E-state index contributed by atoms with van der Waals surface area (Å²) in [6, 6.07) is 3.97. The zero-order valence-corrected chi connectivity index (χ0v) is 9.40. The van der Waals surface area contributed by atoms with Crippen molar-refractivity contribution in [2.45, 2.75) is 32.6 Å². The molecule has 1 N–H and O–H groups in total.